The van der Waals surface area contributed by atoms with Crippen LogP contribution in [0, 0.1) is 0 Å². The van der Waals surface area contributed by atoms with Crippen LogP contribution in [-0.2, 0) is 9.59 Å². The third-order valence-electron chi connectivity index (χ3n) is 3.33. The van der Waals surface area contributed by atoms with Gasteiger partial charge in [0.25, 0.3) is 0 Å². The fourth-order valence-electron chi connectivity index (χ4n) is 2.47. The maximum atomic E-state index is 12.1. The van der Waals surface area contributed by atoms with Crippen LogP contribution in [0.4, 0.5) is 0 Å². The Labute approximate surface area is 109 Å². The number of amides is 1. The molecule has 0 bridgehead atoms. The highest BCUT2D eigenvalue weighted by atomic mass is 16.4. The Morgan fingerprint density at radius 1 is 1.28 bits per heavy atom. The van der Waals surface area contributed by atoms with Crippen molar-refractivity contribution in [2.45, 2.75) is 45.6 Å². The van der Waals surface area contributed by atoms with Crippen molar-refractivity contribution in [1.29, 1.82) is 0 Å². The molecule has 5 nitrogen and oxygen atoms in total. The fourth-order valence-corrected chi connectivity index (χ4v) is 2.47. The number of aliphatic carboxylic acids is 1. The predicted molar refractivity (Wildman–Crippen MR) is 69.4 cm³/mol. The molecular weight excluding hydrogens is 232 g/mol. The fraction of sp³-hybridized carbons (Fsp3) is 0.846. The molecule has 0 aromatic carbocycles. The highest BCUT2D eigenvalue weighted by Gasteiger charge is 2.32. The topological polar surface area (TPSA) is 60.9 Å². The number of nitrogens with zero attached hydrogens (tertiary/aromatic N) is 2. The second kappa shape index (κ2) is 7.36. The van der Waals surface area contributed by atoms with Gasteiger partial charge in [-0.15, -0.1) is 0 Å². The van der Waals surface area contributed by atoms with Crippen molar-refractivity contribution >= 4 is 11.9 Å². The van der Waals surface area contributed by atoms with E-state index in [1.807, 2.05) is 18.7 Å². The first-order valence-corrected chi connectivity index (χ1v) is 6.84. The molecule has 1 fully saturated rings. The zero-order valence-electron chi connectivity index (χ0n) is 11.4. The summed E-state index contributed by atoms with van der Waals surface area (Å²) in [7, 11) is 0. The number of carboxylic acids is 1. The quantitative estimate of drug-likeness (QED) is 0.743. The molecule has 0 aromatic rings. The molecule has 1 saturated heterocycles. The molecule has 1 rings (SSSR count). The molecule has 1 aliphatic heterocycles. The molecule has 1 atom stereocenters. The van der Waals surface area contributed by atoms with Crippen molar-refractivity contribution in [3.63, 3.8) is 0 Å². The maximum Gasteiger partial charge on any atom is 0.320 e. The van der Waals surface area contributed by atoms with E-state index in [1.54, 1.807) is 4.90 Å². The number of hydrogen-bond acceptors (Lipinski definition) is 3. The van der Waals surface area contributed by atoms with Crippen molar-refractivity contribution in [1.82, 2.24) is 9.80 Å². The van der Waals surface area contributed by atoms with Gasteiger partial charge < -0.3 is 10.0 Å². The van der Waals surface area contributed by atoms with Crippen LogP contribution in [-0.4, -0.2) is 59.0 Å². The minimum atomic E-state index is -0.808. The zero-order chi connectivity index (χ0) is 13.5. The Bertz CT molecular complexity index is 288. The average Bonchev–Trinajstić information content (AvgIpc) is 2.77. The van der Waals surface area contributed by atoms with Crippen LogP contribution in [0.25, 0.3) is 0 Å². The lowest BCUT2D eigenvalue weighted by Crippen LogP contribution is -2.45. The van der Waals surface area contributed by atoms with E-state index < -0.39 is 12.0 Å². The van der Waals surface area contributed by atoms with Crippen molar-refractivity contribution in [3.05, 3.63) is 0 Å². The zero-order valence-corrected chi connectivity index (χ0v) is 11.4. The molecule has 5 heteroatoms. The Morgan fingerprint density at radius 3 is 2.39 bits per heavy atom. The van der Waals surface area contributed by atoms with Crippen LogP contribution in [0.2, 0.25) is 0 Å². The van der Waals surface area contributed by atoms with E-state index in [0.29, 0.717) is 6.42 Å². The van der Waals surface area contributed by atoms with Gasteiger partial charge in [-0.25, -0.2) is 0 Å². The van der Waals surface area contributed by atoms with Gasteiger partial charge in [-0.2, -0.15) is 0 Å². The lowest BCUT2D eigenvalue weighted by atomic mass is 10.2. The second-order valence-corrected chi connectivity index (χ2v) is 4.85. The number of carboxylic acid groups (broad SMARTS) is 1. The largest absolute Gasteiger partial charge is 0.480 e. The first kappa shape index (κ1) is 15.0. The highest BCUT2D eigenvalue weighted by molar-refractivity contribution is 5.80. The number of carbonyl (C=O) groups excluding carboxylic acids is 1. The van der Waals surface area contributed by atoms with Crippen molar-refractivity contribution in [2.75, 3.05) is 26.2 Å². The molecule has 1 N–H and O–H groups in total. The van der Waals surface area contributed by atoms with Crippen LogP contribution in [0.3, 0.4) is 0 Å². The summed E-state index contributed by atoms with van der Waals surface area (Å²) < 4.78 is 0. The van der Waals surface area contributed by atoms with Crippen LogP contribution < -0.4 is 0 Å². The molecular formula is C13H24N2O3. The summed E-state index contributed by atoms with van der Waals surface area (Å²) in [5.41, 5.74) is 0. The summed E-state index contributed by atoms with van der Waals surface area (Å²) in [6, 6.07) is -0.473. The van der Waals surface area contributed by atoms with Crippen LogP contribution in [0.5, 0.6) is 0 Å². The standard InChI is InChI=1S/C13H24N2O3/c1-3-7-14(8-4-2)12(16)10-15-9-5-6-11(15)13(17)18/h11H,3-10H2,1-2H3,(H,17,18)/t11-/m0/s1. The molecule has 0 aromatic heterocycles. The molecule has 0 saturated carbocycles. The van der Waals surface area contributed by atoms with E-state index in [1.165, 1.54) is 0 Å². The second-order valence-electron chi connectivity index (χ2n) is 4.85. The normalized spacial score (nSPS) is 20.0. The number of carbonyl (C=O) groups is 2. The van der Waals surface area contributed by atoms with Crippen LogP contribution >= 0.6 is 0 Å². The van der Waals surface area contributed by atoms with Crippen LogP contribution in [0.1, 0.15) is 39.5 Å². The molecule has 0 spiro atoms. The third kappa shape index (κ3) is 3.98. The van der Waals surface area contributed by atoms with Gasteiger partial charge >= 0.3 is 5.97 Å². The molecule has 1 heterocycles. The van der Waals surface area contributed by atoms with Gasteiger partial charge in [0.05, 0.1) is 6.54 Å². The molecule has 104 valence electrons. The van der Waals surface area contributed by atoms with Gasteiger partial charge in [-0.1, -0.05) is 13.8 Å². The Kier molecular flexibility index (Phi) is 6.12. The minimum absolute atomic E-state index is 0.0619. The number of likely N-dealkylation sites (tertiary alicyclic amines) is 1. The summed E-state index contributed by atoms with van der Waals surface area (Å²) in [4.78, 5) is 26.8. The Balaban J connectivity index is 2.53. The van der Waals surface area contributed by atoms with E-state index in [0.717, 1.165) is 38.9 Å². The van der Waals surface area contributed by atoms with Gasteiger partial charge in [0.1, 0.15) is 6.04 Å². The van der Waals surface area contributed by atoms with E-state index >= 15 is 0 Å². The van der Waals surface area contributed by atoms with Gasteiger partial charge in [0.15, 0.2) is 0 Å². The minimum Gasteiger partial charge on any atom is -0.480 e. The van der Waals surface area contributed by atoms with E-state index in [9.17, 15) is 9.59 Å². The molecule has 0 unspecified atom stereocenters. The summed E-state index contributed by atoms with van der Waals surface area (Å²) in [6.07, 6.45) is 3.40. The Morgan fingerprint density at radius 2 is 1.89 bits per heavy atom. The smallest absolute Gasteiger partial charge is 0.320 e. The number of hydrogen-bond donors (Lipinski definition) is 1. The van der Waals surface area contributed by atoms with Crippen molar-refractivity contribution < 1.29 is 14.7 Å². The lowest BCUT2D eigenvalue weighted by molar-refractivity contribution is -0.143. The third-order valence-corrected chi connectivity index (χ3v) is 3.33. The first-order valence-electron chi connectivity index (χ1n) is 6.84. The summed E-state index contributed by atoms with van der Waals surface area (Å²) >= 11 is 0. The molecule has 0 aliphatic carbocycles. The molecule has 1 aliphatic rings. The van der Waals surface area contributed by atoms with E-state index in [-0.39, 0.29) is 12.5 Å². The first-order chi connectivity index (χ1) is 8.60. The summed E-state index contributed by atoms with van der Waals surface area (Å²) in [6.45, 7) is 6.58. The predicted octanol–water partition coefficient (Wildman–Crippen LogP) is 1.18. The summed E-state index contributed by atoms with van der Waals surface area (Å²) in [5.74, 6) is -0.746. The van der Waals surface area contributed by atoms with E-state index in [4.69, 9.17) is 5.11 Å². The molecule has 18 heavy (non-hydrogen) atoms. The maximum absolute atomic E-state index is 12.1. The Hall–Kier alpha value is -1.10. The number of rotatable bonds is 7. The van der Waals surface area contributed by atoms with Gasteiger partial charge in [-0.05, 0) is 32.2 Å². The molecule has 1 amide bonds. The SMILES string of the molecule is CCCN(CCC)C(=O)CN1CCC[C@H]1C(=O)O. The van der Waals surface area contributed by atoms with Gasteiger partial charge in [0, 0.05) is 13.1 Å². The average molecular weight is 256 g/mol. The summed E-state index contributed by atoms with van der Waals surface area (Å²) in [5, 5.41) is 9.08. The monoisotopic (exact) mass is 256 g/mol. The van der Waals surface area contributed by atoms with Crippen LogP contribution in [0.15, 0.2) is 0 Å². The van der Waals surface area contributed by atoms with Crippen molar-refractivity contribution in [3.8, 4) is 0 Å². The highest BCUT2D eigenvalue weighted by Crippen LogP contribution is 2.17. The van der Waals surface area contributed by atoms with E-state index in [2.05, 4.69) is 0 Å². The van der Waals surface area contributed by atoms with Gasteiger partial charge in [-0.3, -0.25) is 14.5 Å². The lowest BCUT2D eigenvalue weighted by Gasteiger charge is -2.26. The molecule has 0 radical (unpaired) electrons. The van der Waals surface area contributed by atoms with Crippen molar-refractivity contribution in [2.24, 2.45) is 0 Å². The van der Waals surface area contributed by atoms with Gasteiger partial charge in [0.2, 0.25) is 5.91 Å².